The van der Waals surface area contributed by atoms with Gasteiger partial charge in [0.05, 0.1) is 0 Å². The second-order valence-corrected chi connectivity index (χ2v) is 7.60. The summed E-state index contributed by atoms with van der Waals surface area (Å²) in [5.41, 5.74) is -10.00. The van der Waals surface area contributed by atoms with Gasteiger partial charge >= 0.3 is 35.3 Å². The molecule has 172 valence electrons. The van der Waals surface area contributed by atoms with E-state index in [4.69, 9.17) is 23.2 Å². The predicted octanol–water partition coefficient (Wildman–Crippen LogP) is 5.09. The van der Waals surface area contributed by atoms with Gasteiger partial charge in [0, 0.05) is 16.5 Å². The molecule has 0 aromatic heterocycles. The molecule has 0 heterocycles. The Bertz CT molecular complexity index is 1000. The second kappa shape index (κ2) is 6.18. The zero-order valence-electron chi connectivity index (χ0n) is 14.1. The smallest absolute Gasteiger partial charge is 0.384 e. The molecule has 0 saturated heterocycles. The summed E-state index contributed by atoms with van der Waals surface area (Å²) >= 11 is 11.2. The summed E-state index contributed by atoms with van der Waals surface area (Å²) in [6.07, 6.45) is -1.31. The summed E-state index contributed by atoms with van der Waals surface area (Å²) in [6, 6.07) is 1.64. The minimum absolute atomic E-state index is 0.313. The number of ketones is 1. The molecule has 0 atom stereocenters. The van der Waals surface area contributed by atoms with Crippen LogP contribution in [0.25, 0.3) is 5.76 Å². The van der Waals surface area contributed by atoms with Crippen molar-refractivity contribution < 1.29 is 58.2 Å². The van der Waals surface area contributed by atoms with Gasteiger partial charge in [-0.05, 0) is 28.8 Å². The van der Waals surface area contributed by atoms with Gasteiger partial charge in [-0.2, -0.15) is 43.9 Å². The van der Waals surface area contributed by atoms with E-state index in [1.54, 1.807) is 0 Å². The van der Waals surface area contributed by atoms with Gasteiger partial charge in [-0.15, -0.1) is 0 Å². The molecule has 0 aliphatic heterocycles. The third-order valence-electron chi connectivity index (χ3n) is 5.06. The lowest BCUT2D eigenvalue weighted by Gasteiger charge is -2.51. The average molecular weight is 508 g/mol. The van der Waals surface area contributed by atoms with Crippen molar-refractivity contribution >= 4 is 34.7 Å². The van der Waals surface area contributed by atoms with Gasteiger partial charge in [-0.1, -0.05) is 29.0 Å². The number of hydrogen-bond acceptors (Lipinski definition) is 2. The molecular formula is C16H4Cl2F11O2-. The van der Waals surface area contributed by atoms with Crippen LogP contribution in [0.1, 0.15) is 11.1 Å². The number of Topliss-reactive ketones (excluding diaryl/α,β-unsaturated/α-hetero) is 1. The summed E-state index contributed by atoms with van der Waals surface area (Å²) in [7, 11) is 0. The highest BCUT2D eigenvalue weighted by Crippen LogP contribution is 2.70. The van der Waals surface area contributed by atoms with E-state index in [0.717, 1.165) is 12.1 Å². The summed E-state index contributed by atoms with van der Waals surface area (Å²) < 4.78 is 152. The van der Waals surface area contributed by atoms with Crippen molar-refractivity contribution in [3.05, 3.63) is 38.9 Å². The maximum Gasteiger partial charge on any atom is 0.384 e. The van der Waals surface area contributed by atoms with E-state index in [-0.39, 0.29) is 5.02 Å². The molecule has 1 fully saturated rings. The van der Waals surface area contributed by atoms with E-state index in [0.29, 0.717) is 0 Å². The third-order valence-corrected chi connectivity index (χ3v) is 5.62. The molecule has 2 aliphatic carbocycles. The minimum Gasteiger partial charge on any atom is -0.872 e. The molecule has 15 heteroatoms. The average Bonchev–Trinajstić information content (AvgIpc) is 2.95. The van der Waals surface area contributed by atoms with Gasteiger partial charge in [0.15, 0.2) is 0 Å². The Morgan fingerprint density at radius 1 is 0.774 bits per heavy atom. The van der Waals surface area contributed by atoms with E-state index < -0.39 is 75.0 Å². The zero-order chi connectivity index (χ0) is 24.2. The molecule has 0 radical (unpaired) electrons. The van der Waals surface area contributed by atoms with E-state index in [2.05, 4.69) is 0 Å². The number of rotatable bonds is 2. The van der Waals surface area contributed by atoms with E-state index >= 15 is 0 Å². The molecule has 0 amide bonds. The Morgan fingerprint density at radius 2 is 1.19 bits per heavy atom. The molecule has 1 saturated carbocycles. The van der Waals surface area contributed by atoms with Crippen molar-refractivity contribution in [2.75, 3.05) is 0 Å². The number of benzene rings is 1. The summed E-state index contributed by atoms with van der Waals surface area (Å²) in [5.74, 6) is -42.4. The first kappa shape index (κ1) is 23.9. The lowest BCUT2D eigenvalue weighted by atomic mass is 9.69. The van der Waals surface area contributed by atoms with Crippen molar-refractivity contribution in [2.24, 2.45) is 0 Å². The van der Waals surface area contributed by atoms with Gasteiger partial charge in [0.2, 0.25) is 5.78 Å². The van der Waals surface area contributed by atoms with E-state index in [1.807, 2.05) is 0 Å². The number of allylic oxidation sites excluding steroid dienone is 1. The van der Waals surface area contributed by atoms with Crippen LogP contribution < -0.4 is 5.11 Å². The molecule has 3 rings (SSSR count). The van der Waals surface area contributed by atoms with Crippen LogP contribution in [-0.2, 0) is 11.2 Å². The fourth-order valence-electron chi connectivity index (χ4n) is 3.30. The first-order valence-corrected chi connectivity index (χ1v) is 8.48. The van der Waals surface area contributed by atoms with Crippen molar-refractivity contribution in [3.8, 4) is 0 Å². The number of carbonyl (C=O) groups excluding carboxylic acids is 1. The molecule has 1 aromatic carbocycles. The highest BCUT2D eigenvalue weighted by atomic mass is 35.5. The third kappa shape index (κ3) is 2.39. The van der Waals surface area contributed by atoms with Crippen molar-refractivity contribution in [2.45, 2.75) is 41.7 Å². The highest BCUT2D eigenvalue weighted by Gasteiger charge is 3.02. The molecule has 1 aromatic rings. The molecule has 31 heavy (non-hydrogen) atoms. The first-order chi connectivity index (χ1) is 13.7. The zero-order valence-corrected chi connectivity index (χ0v) is 15.6. The Labute approximate surface area is 174 Å². The van der Waals surface area contributed by atoms with Crippen LogP contribution in [0.4, 0.5) is 48.3 Å². The van der Waals surface area contributed by atoms with Gasteiger partial charge in [-0.25, -0.2) is 4.39 Å². The second-order valence-electron chi connectivity index (χ2n) is 6.76. The Hall–Kier alpha value is -1.76. The number of alkyl halides is 11. The van der Waals surface area contributed by atoms with Crippen molar-refractivity contribution in [1.29, 1.82) is 0 Å². The minimum atomic E-state index is -7.47. The Morgan fingerprint density at radius 3 is 1.65 bits per heavy atom. The number of carbonyl (C=O) groups is 1. The number of halogens is 13. The monoisotopic (exact) mass is 507 g/mol. The maximum atomic E-state index is 14.9. The van der Waals surface area contributed by atoms with Crippen LogP contribution in [-0.4, -0.2) is 41.1 Å². The standard InChI is InChI=1S/C16H5Cl2F11O2/c17-4-1-6-5(8(18)2-4)3-7(9(6)30)10(31)11(19)12(20,21)14(24,25)16(28,29)15(26,27)13(11,22)23/h1-2,30H,3H2/p-1. The van der Waals surface area contributed by atoms with E-state index in [1.165, 1.54) is 0 Å². The van der Waals surface area contributed by atoms with Gasteiger partial charge in [0.25, 0.3) is 0 Å². The molecule has 0 unspecified atom stereocenters. The summed E-state index contributed by atoms with van der Waals surface area (Å²) in [5, 5.41) is 11.5. The molecule has 2 aliphatic rings. The van der Waals surface area contributed by atoms with Crippen LogP contribution >= 0.6 is 23.2 Å². The maximum absolute atomic E-state index is 14.9. The van der Waals surface area contributed by atoms with Gasteiger partial charge in [-0.3, -0.25) is 4.79 Å². The summed E-state index contributed by atoms with van der Waals surface area (Å²) in [6.45, 7) is 0. The fraction of sp³-hybridized carbons (Fsp3) is 0.438. The Balaban J connectivity index is 2.28. The summed E-state index contributed by atoms with van der Waals surface area (Å²) in [4.78, 5) is 12.2. The van der Waals surface area contributed by atoms with Crippen LogP contribution in [0.15, 0.2) is 17.7 Å². The molecule has 0 N–H and O–H groups in total. The van der Waals surface area contributed by atoms with Crippen LogP contribution in [0.2, 0.25) is 10.0 Å². The van der Waals surface area contributed by atoms with Gasteiger partial charge in [0.1, 0.15) is 0 Å². The fourth-order valence-corrected chi connectivity index (χ4v) is 3.86. The SMILES string of the molecule is O=C(C1=C([O-])c2cc(Cl)cc(Cl)c2C1)C1(F)C(F)(F)C(F)(F)C(F)(F)C(F)(F)C1(F)F. The number of hydrogen-bond donors (Lipinski definition) is 0. The largest absolute Gasteiger partial charge is 0.872 e. The van der Waals surface area contributed by atoms with Crippen LogP contribution in [0.3, 0.4) is 0 Å². The predicted molar refractivity (Wildman–Crippen MR) is 80.7 cm³/mol. The molecule has 0 spiro atoms. The Kier molecular flexibility index (Phi) is 4.76. The molecule has 2 nitrogen and oxygen atoms in total. The van der Waals surface area contributed by atoms with Gasteiger partial charge < -0.3 is 5.11 Å². The van der Waals surface area contributed by atoms with E-state index in [9.17, 15) is 58.2 Å². The topological polar surface area (TPSA) is 40.1 Å². The van der Waals surface area contributed by atoms with Crippen molar-refractivity contribution in [3.63, 3.8) is 0 Å². The molecular weight excluding hydrogens is 504 g/mol. The van der Waals surface area contributed by atoms with Crippen LogP contribution in [0, 0.1) is 0 Å². The lowest BCUT2D eigenvalue weighted by Crippen LogP contribution is -2.85. The highest BCUT2D eigenvalue weighted by molar-refractivity contribution is 6.35. The van der Waals surface area contributed by atoms with Crippen LogP contribution in [0.5, 0.6) is 0 Å². The normalized spacial score (nSPS) is 26.5. The quantitative estimate of drug-likeness (QED) is 0.523. The molecule has 0 bridgehead atoms. The van der Waals surface area contributed by atoms with Crippen molar-refractivity contribution in [1.82, 2.24) is 0 Å². The number of fused-ring (bicyclic) bond motifs is 1. The lowest BCUT2D eigenvalue weighted by molar-refractivity contribution is -0.475. The first-order valence-electron chi connectivity index (χ1n) is 7.73.